The molecule has 0 saturated heterocycles. The van der Waals surface area contributed by atoms with E-state index >= 15 is 0 Å². The van der Waals surface area contributed by atoms with E-state index in [1.807, 2.05) is 13.0 Å². The number of carboxylic acids is 1. The number of rotatable bonds is 2. The smallest absolute Gasteiger partial charge is 0.307 e. The summed E-state index contributed by atoms with van der Waals surface area (Å²) in [6, 6.07) is 3.57. The van der Waals surface area contributed by atoms with Crippen molar-refractivity contribution in [2.24, 2.45) is 0 Å². The van der Waals surface area contributed by atoms with Gasteiger partial charge in [0, 0.05) is 4.47 Å². The maximum atomic E-state index is 10.5. The number of benzene rings is 1. The fraction of sp³-hybridized carbons (Fsp3) is 0.222. The van der Waals surface area contributed by atoms with E-state index < -0.39 is 5.97 Å². The van der Waals surface area contributed by atoms with Crippen molar-refractivity contribution in [1.29, 1.82) is 0 Å². The van der Waals surface area contributed by atoms with Crippen LogP contribution in [0, 0.1) is 6.92 Å². The van der Waals surface area contributed by atoms with E-state index in [9.17, 15) is 4.79 Å². The van der Waals surface area contributed by atoms with Crippen molar-refractivity contribution in [3.05, 3.63) is 32.8 Å². The number of hydrogen-bond donors (Lipinski definition) is 1. The average molecular weight is 264 g/mol. The van der Waals surface area contributed by atoms with Gasteiger partial charge in [-0.3, -0.25) is 4.79 Å². The molecule has 13 heavy (non-hydrogen) atoms. The standard InChI is InChI=1S/C9H8BrClO2/c1-5-2-3-6(4-7(12)13)8(10)9(5)11/h2-3H,4H2,1H3,(H,12,13). The van der Waals surface area contributed by atoms with Crippen molar-refractivity contribution >= 4 is 33.5 Å². The van der Waals surface area contributed by atoms with Gasteiger partial charge in [-0.1, -0.05) is 23.7 Å². The van der Waals surface area contributed by atoms with Gasteiger partial charge in [0.2, 0.25) is 0 Å². The highest BCUT2D eigenvalue weighted by Crippen LogP contribution is 2.29. The van der Waals surface area contributed by atoms with Crippen LogP contribution >= 0.6 is 27.5 Å². The molecule has 4 heteroatoms. The SMILES string of the molecule is Cc1ccc(CC(=O)O)c(Br)c1Cl. The lowest BCUT2D eigenvalue weighted by Crippen LogP contribution is -2.01. The molecule has 0 aliphatic heterocycles. The van der Waals surface area contributed by atoms with Crippen LogP contribution < -0.4 is 0 Å². The topological polar surface area (TPSA) is 37.3 Å². The van der Waals surface area contributed by atoms with Gasteiger partial charge < -0.3 is 5.11 Å². The van der Waals surface area contributed by atoms with Crippen molar-refractivity contribution in [1.82, 2.24) is 0 Å². The lowest BCUT2D eigenvalue weighted by Gasteiger charge is -2.05. The Morgan fingerprint density at radius 1 is 1.62 bits per heavy atom. The van der Waals surface area contributed by atoms with Crippen LogP contribution in [0.3, 0.4) is 0 Å². The number of carbonyl (C=O) groups is 1. The number of carboxylic acid groups (broad SMARTS) is 1. The lowest BCUT2D eigenvalue weighted by atomic mass is 10.1. The second-order valence-corrected chi connectivity index (χ2v) is 3.91. The highest BCUT2D eigenvalue weighted by Gasteiger charge is 2.09. The molecule has 0 amide bonds. The molecule has 0 atom stereocenters. The summed E-state index contributed by atoms with van der Waals surface area (Å²) in [6.45, 7) is 1.87. The van der Waals surface area contributed by atoms with Crippen LogP contribution in [-0.2, 0) is 11.2 Å². The summed E-state index contributed by atoms with van der Waals surface area (Å²) in [6.07, 6.45) is -0.0133. The first-order chi connectivity index (χ1) is 6.02. The first-order valence-electron chi connectivity index (χ1n) is 3.67. The molecular formula is C9H8BrClO2. The lowest BCUT2D eigenvalue weighted by molar-refractivity contribution is -0.136. The molecule has 0 saturated carbocycles. The van der Waals surface area contributed by atoms with Crippen LogP contribution in [-0.4, -0.2) is 11.1 Å². The van der Waals surface area contributed by atoms with Gasteiger partial charge in [-0.15, -0.1) is 0 Å². The number of halogens is 2. The van der Waals surface area contributed by atoms with E-state index in [4.69, 9.17) is 16.7 Å². The minimum atomic E-state index is -0.861. The second kappa shape index (κ2) is 4.11. The molecular weight excluding hydrogens is 255 g/mol. The minimum absolute atomic E-state index is 0.0133. The monoisotopic (exact) mass is 262 g/mol. The van der Waals surface area contributed by atoms with Crippen LogP contribution in [0.15, 0.2) is 16.6 Å². The Kier molecular flexibility index (Phi) is 3.33. The molecule has 1 rings (SSSR count). The molecule has 1 N–H and O–H groups in total. The van der Waals surface area contributed by atoms with Crippen molar-refractivity contribution in [3.8, 4) is 0 Å². The molecule has 70 valence electrons. The molecule has 0 heterocycles. The quantitative estimate of drug-likeness (QED) is 0.890. The van der Waals surface area contributed by atoms with Crippen LogP contribution in [0.5, 0.6) is 0 Å². The molecule has 0 spiro atoms. The van der Waals surface area contributed by atoms with Gasteiger partial charge in [-0.25, -0.2) is 0 Å². The molecule has 2 nitrogen and oxygen atoms in total. The summed E-state index contributed by atoms with van der Waals surface area (Å²) in [5.41, 5.74) is 1.63. The summed E-state index contributed by atoms with van der Waals surface area (Å²) in [4.78, 5) is 10.5. The van der Waals surface area contributed by atoms with Gasteiger partial charge in [0.1, 0.15) is 0 Å². The zero-order chi connectivity index (χ0) is 10.0. The summed E-state index contributed by atoms with van der Waals surface area (Å²) in [5, 5.41) is 9.17. The van der Waals surface area contributed by atoms with Gasteiger partial charge in [-0.05, 0) is 34.0 Å². The molecule has 0 radical (unpaired) electrons. The molecule has 0 bridgehead atoms. The predicted molar refractivity (Wildman–Crippen MR) is 55.2 cm³/mol. The van der Waals surface area contributed by atoms with E-state index in [-0.39, 0.29) is 6.42 Å². The third-order valence-electron chi connectivity index (χ3n) is 1.70. The third kappa shape index (κ3) is 2.45. The van der Waals surface area contributed by atoms with E-state index in [0.717, 1.165) is 5.56 Å². The molecule has 0 fully saturated rings. The Balaban J connectivity index is 3.10. The molecule has 0 aliphatic carbocycles. The summed E-state index contributed by atoms with van der Waals surface area (Å²) < 4.78 is 0.677. The Hall–Kier alpha value is -0.540. The Morgan fingerprint density at radius 2 is 2.23 bits per heavy atom. The molecule has 0 aliphatic rings. The number of hydrogen-bond acceptors (Lipinski definition) is 1. The normalized spacial score (nSPS) is 10.1. The fourth-order valence-electron chi connectivity index (χ4n) is 0.985. The van der Waals surface area contributed by atoms with Gasteiger partial charge in [-0.2, -0.15) is 0 Å². The van der Waals surface area contributed by atoms with Crippen molar-refractivity contribution in [2.45, 2.75) is 13.3 Å². The van der Waals surface area contributed by atoms with E-state index in [1.165, 1.54) is 0 Å². The van der Waals surface area contributed by atoms with Crippen LogP contribution in [0.1, 0.15) is 11.1 Å². The highest BCUT2D eigenvalue weighted by molar-refractivity contribution is 9.10. The minimum Gasteiger partial charge on any atom is -0.481 e. The van der Waals surface area contributed by atoms with E-state index in [2.05, 4.69) is 15.9 Å². The zero-order valence-electron chi connectivity index (χ0n) is 6.97. The Labute approximate surface area is 89.7 Å². The molecule has 1 aromatic rings. The van der Waals surface area contributed by atoms with Crippen LogP contribution in [0.4, 0.5) is 0 Å². The number of aliphatic carboxylic acids is 1. The second-order valence-electron chi connectivity index (χ2n) is 2.74. The van der Waals surface area contributed by atoms with Crippen molar-refractivity contribution in [3.63, 3.8) is 0 Å². The molecule has 0 aromatic heterocycles. The van der Waals surface area contributed by atoms with Gasteiger partial charge in [0.15, 0.2) is 0 Å². The summed E-state index contributed by atoms with van der Waals surface area (Å²) in [7, 11) is 0. The largest absolute Gasteiger partial charge is 0.481 e. The van der Waals surface area contributed by atoms with E-state index in [0.29, 0.717) is 15.1 Å². The maximum Gasteiger partial charge on any atom is 0.307 e. The van der Waals surface area contributed by atoms with Gasteiger partial charge in [0.25, 0.3) is 0 Å². The summed E-state index contributed by atoms with van der Waals surface area (Å²) >= 11 is 9.19. The van der Waals surface area contributed by atoms with Gasteiger partial charge in [0.05, 0.1) is 11.4 Å². The van der Waals surface area contributed by atoms with Crippen LogP contribution in [0.2, 0.25) is 5.02 Å². The molecule has 1 aromatic carbocycles. The fourth-order valence-corrected chi connectivity index (χ4v) is 1.75. The highest BCUT2D eigenvalue weighted by atomic mass is 79.9. The molecule has 0 unspecified atom stereocenters. The zero-order valence-corrected chi connectivity index (χ0v) is 9.32. The van der Waals surface area contributed by atoms with Gasteiger partial charge >= 0.3 is 5.97 Å². The number of aryl methyl sites for hydroxylation is 1. The first-order valence-corrected chi connectivity index (χ1v) is 4.84. The van der Waals surface area contributed by atoms with Crippen molar-refractivity contribution in [2.75, 3.05) is 0 Å². The summed E-state index contributed by atoms with van der Waals surface area (Å²) in [5.74, 6) is -0.861. The van der Waals surface area contributed by atoms with Crippen molar-refractivity contribution < 1.29 is 9.90 Å². The van der Waals surface area contributed by atoms with E-state index in [1.54, 1.807) is 6.07 Å². The average Bonchev–Trinajstić information content (AvgIpc) is 2.06. The first kappa shape index (κ1) is 10.5. The Morgan fingerprint density at radius 3 is 2.77 bits per heavy atom. The predicted octanol–water partition coefficient (Wildman–Crippen LogP) is 3.04. The third-order valence-corrected chi connectivity index (χ3v) is 3.32. The maximum absolute atomic E-state index is 10.5. The Bertz CT molecular complexity index is 350. The van der Waals surface area contributed by atoms with Crippen LogP contribution in [0.25, 0.3) is 0 Å².